The van der Waals surface area contributed by atoms with Gasteiger partial charge in [-0.3, -0.25) is 4.90 Å². The van der Waals surface area contributed by atoms with E-state index in [1.807, 2.05) is 24.0 Å². The Bertz CT molecular complexity index is 1260. The molecule has 3 aromatic rings. The summed E-state index contributed by atoms with van der Waals surface area (Å²) in [5.41, 5.74) is 8.52. The number of hydrogen-bond donors (Lipinski definition) is 2. The molecule has 4 heterocycles. The molecule has 2 fully saturated rings. The van der Waals surface area contributed by atoms with E-state index in [0.29, 0.717) is 24.6 Å². The van der Waals surface area contributed by atoms with E-state index < -0.39 is 11.6 Å². The highest BCUT2D eigenvalue weighted by atomic mass is 35.5. The quantitative estimate of drug-likeness (QED) is 0.467. The van der Waals surface area contributed by atoms with Gasteiger partial charge in [0.1, 0.15) is 17.5 Å². The zero-order valence-electron chi connectivity index (χ0n) is 21.3. The summed E-state index contributed by atoms with van der Waals surface area (Å²) in [4.78, 5) is 15.2. The van der Waals surface area contributed by atoms with Crippen LogP contribution in [0, 0.1) is 24.5 Å². The molecule has 2 aliphatic rings. The number of anilines is 3. The molecule has 5 rings (SSSR count). The van der Waals surface area contributed by atoms with E-state index in [4.69, 9.17) is 5.73 Å². The zero-order valence-corrected chi connectivity index (χ0v) is 22.1. The van der Waals surface area contributed by atoms with Crippen molar-refractivity contribution >= 4 is 35.9 Å². The molecule has 0 radical (unpaired) electrons. The third kappa shape index (κ3) is 6.23. The van der Waals surface area contributed by atoms with Crippen LogP contribution in [0.1, 0.15) is 17.7 Å². The number of rotatable bonds is 7. The molecule has 0 bridgehead atoms. The normalized spacial score (nSPS) is 18.4. The standard InChI is InChI=1S/C26H32F2N8O.ClH/c1-18-20(3-2-5-33-7-9-34(10-8-33)23-12-21(27)11-22(28)13-23)15-30-36(18)25-14-24(31-26(29)32-25)35-6-4-19(16-35)17-37;/h2-3,11-15,19,37H,4-10,16-17H2,1H3,(H2,29,31,32);1H/t19-;/m1./s1. The lowest BCUT2D eigenvalue weighted by Gasteiger charge is -2.35. The average Bonchev–Trinajstić information content (AvgIpc) is 3.50. The van der Waals surface area contributed by atoms with Crippen molar-refractivity contribution in [3.8, 4) is 5.82 Å². The first-order valence-corrected chi connectivity index (χ1v) is 12.5. The number of aromatic nitrogens is 4. The summed E-state index contributed by atoms with van der Waals surface area (Å²) in [7, 11) is 0. The van der Waals surface area contributed by atoms with E-state index in [1.54, 1.807) is 10.9 Å². The third-order valence-corrected chi connectivity index (χ3v) is 7.09. The lowest BCUT2D eigenvalue weighted by molar-refractivity contribution is 0.238. The molecule has 0 amide bonds. The second-order valence-corrected chi connectivity index (χ2v) is 9.64. The highest BCUT2D eigenvalue weighted by Crippen LogP contribution is 2.25. The lowest BCUT2D eigenvalue weighted by Crippen LogP contribution is -2.46. The van der Waals surface area contributed by atoms with Crippen molar-refractivity contribution in [2.75, 3.05) is 68.0 Å². The van der Waals surface area contributed by atoms with Gasteiger partial charge in [0.25, 0.3) is 0 Å². The van der Waals surface area contributed by atoms with Crippen molar-refractivity contribution in [2.45, 2.75) is 13.3 Å². The van der Waals surface area contributed by atoms with Crippen LogP contribution in [0.3, 0.4) is 0 Å². The van der Waals surface area contributed by atoms with Crippen LogP contribution in [0.5, 0.6) is 0 Å². The minimum absolute atomic E-state index is 0. The van der Waals surface area contributed by atoms with Gasteiger partial charge < -0.3 is 20.6 Å². The Balaban J connectivity index is 0.00000336. The van der Waals surface area contributed by atoms with Crippen LogP contribution in [-0.4, -0.2) is 82.2 Å². The van der Waals surface area contributed by atoms with Crippen molar-refractivity contribution in [2.24, 2.45) is 5.92 Å². The van der Waals surface area contributed by atoms with Crippen molar-refractivity contribution < 1.29 is 13.9 Å². The van der Waals surface area contributed by atoms with Crippen LogP contribution in [0.4, 0.5) is 26.2 Å². The number of hydrogen-bond acceptors (Lipinski definition) is 8. The number of piperazine rings is 1. The summed E-state index contributed by atoms with van der Waals surface area (Å²) in [5.74, 6) is 0.678. The first-order valence-electron chi connectivity index (χ1n) is 12.5. The van der Waals surface area contributed by atoms with Crippen LogP contribution in [0.15, 0.2) is 36.5 Å². The Morgan fingerprint density at radius 1 is 1.00 bits per heavy atom. The minimum atomic E-state index is -0.552. The molecule has 1 atom stereocenters. The first-order chi connectivity index (χ1) is 17.9. The number of aliphatic hydroxyl groups is 1. The Hall–Kier alpha value is -3.28. The third-order valence-electron chi connectivity index (χ3n) is 7.09. The second-order valence-electron chi connectivity index (χ2n) is 9.64. The van der Waals surface area contributed by atoms with Crippen molar-refractivity contribution in [1.82, 2.24) is 24.6 Å². The Morgan fingerprint density at radius 2 is 1.71 bits per heavy atom. The van der Waals surface area contributed by atoms with Crippen molar-refractivity contribution in [3.05, 3.63) is 59.4 Å². The number of halogens is 3. The minimum Gasteiger partial charge on any atom is -0.396 e. The topological polar surface area (TPSA) is 99.6 Å². The van der Waals surface area contributed by atoms with Gasteiger partial charge in [-0.2, -0.15) is 15.1 Å². The molecule has 0 aliphatic carbocycles. The fourth-order valence-corrected chi connectivity index (χ4v) is 4.96. The number of benzene rings is 1. The van der Waals surface area contributed by atoms with Crippen LogP contribution in [-0.2, 0) is 0 Å². The summed E-state index contributed by atoms with van der Waals surface area (Å²) >= 11 is 0. The van der Waals surface area contributed by atoms with Gasteiger partial charge in [0, 0.05) is 81.7 Å². The molecular weight excluding hydrogens is 514 g/mol. The maximum absolute atomic E-state index is 13.6. The molecule has 3 N–H and O–H groups in total. The molecule has 204 valence electrons. The van der Waals surface area contributed by atoms with Gasteiger partial charge >= 0.3 is 0 Å². The Labute approximate surface area is 227 Å². The van der Waals surface area contributed by atoms with Crippen LogP contribution < -0.4 is 15.5 Å². The van der Waals surface area contributed by atoms with Gasteiger partial charge in [0.05, 0.1) is 11.9 Å². The van der Waals surface area contributed by atoms with E-state index in [2.05, 4.69) is 30.9 Å². The van der Waals surface area contributed by atoms with Crippen LogP contribution in [0.2, 0.25) is 0 Å². The van der Waals surface area contributed by atoms with E-state index >= 15 is 0 Å². The first kappa shape index (κ1) is 27.7. The van der Waals surface area contributed by atoms with Gasteiger partial charge in [-0.1, -0.05) is 12.2 Å². The predicted molar refractivity (Wildman–Crippen MR) is 147 cm³/mol. The summed E-state index contributed by atoms with van der Waals surface area (Å²) < 4.78 is 28.9. The molecule has 38 heavy (non-hydrogen) atoms. The van der Waals surface area contributed by atoms with Crippen LogP contribution >= 0.6 is 12.4 Å². The van der Waals surface area contributed by atoms with Crippen molar-refractivity contribution in [1.29, 1.82) is 0 Å². The molecule has 2 aromatic heterocycles. The highest BCUT2D eigenvalue weighted by molar-refractivity contribution is 5.85. The monoisotopic (exact) mass is 546 g/mol. The molecule has 0 spiro atoms. The molecule has 0 saturated carbocycles. The van der Waals surface area contributed by atoms with Gasteiger partial charge in [0.15, 0.2) is 5.82 Å². The van der Waals surface area contributed by atoms with Crippen molar-refractivity contribution in [3.63, 3.8) is 0 Å². The smallest absolute Gasteiger partial charge is 0.224 e. The lowest BCUT2D eigenvalue weighted by atomic mass is 10.1. The maximum atomic E-state index is 13.6. The van der Waals surface area contributed by atoms with Gasteiger partial charge in [-0.05, 0) is 25.5 Å². The van der Waals surface area contributed by atoms with Gasteiger partial charge in [-0.25, -0.2) is 13.5 Å². The molecule has 2 aliphatic heterocycles. The number of nitrogen functional groups attached to an aromatic ring is 1. The highest BCUT2D eigenvalue weighted by Gasteiger charge is 2.24. The van der Waals surface area contributed by atoms with E-state index in [1.165, 1.54) is 12.1 Å². The summed E-state index contributed by atoms with van der Waals surface area (Å²) in [6, 6.07) is 5.54. The predicted octanol–water partition coefficient (Wildman–Crippen LogP) is 2.91. The van der Waals surface area contributed by atoms with Gasteiger partial charge in [-0.15, -0.1) is 12.4 Å². The van der Waals surface area contributed by atoms with Gasteiger partial charge in [0.2, 0.25) is 5.95 Å². The summed E-state index contributed by atoms with van der Waals surface area (Å²) in [5, 5.41) is 14.0. The molecule has 2 saturated heterocycles. The molecular formula is C26H33ClF2N8O. The number of nitrogens with zero attached hydrogens (tertiary/aromatic N) is 7. The molecule has 1 aromatic carbocycles. The summed E-state index contributed by atoms with van der Waals surface area (Å²) in [6.45, 7) is 7.50. The molecule has 0 unspecified atom stereocenters. The van der Waals surface area contributed by atoms with E-state index in [-0.39, 0.29) is 30.9 Å². The SMILES string of the molecule is Cc1c(C=CCN2CCN(c3cc(F)cc(F)c3)CC2)cnn1-c1cc(N2CC[C@@H](CO)C2)nc(N)n1.Cl. The van der Waals surface area contributed by atoms with Crippen LogP contribution in [0.25, 0.3) is 11.9 Å². The molecule has 9 nitrogen and oxygen atoms in total. The Morgan fingerprint density at radius 3 is 2.39 bits per heavy atom. The largest absolute Gasteiger partial charge is 0.396 e. The fourth-order valence-electron chi connectivity index (χ4n) is 4.96. The Kier molecular flexibility index (Phi) is 8.80. The average molecular weight is 547 g/mol. The number of nitrogens with two attached hydrogens (primary N) is 1. The zero-order chi connectivity index (χ0) is 25.9. The number of aliphatic hydroxyl groups excluding tert-OH is 1. The fraction of sp³-hybridized carbons (Fsp3) is 0.423. The second kappa shape index (κ2) is 12.1. The van der Waals surface area contributed by atoms with E-state index in [0.717, 1.165) is 62.3 Å². The van der Waals surface area contributed by atoms with E-state index in [9.17, 15) is 13.9 Å². The molecule has 12 heteroatoms. The summed E-state index contributed by atoms with van der Waals surface area (Å²) in [6.07, 6.45) is 6.87. The maximum Gasteiger partial charge on any atom is 0.224 e.